The van der Waals surface area contributed by atoms with E-state index in [0.717, 1.165) is 51.4 Å². The summed E-state index contributed by atoms with van der Waals surface area (Å²) in [5.41, 5.74) is 4.11. The number of aryl methyl sites for hydroxylation is 1. The third kappa shape index (κ3) is 4.33. The zero-order valence-electron chi connectivity index (χ0n) is 17.9. The molecule has 2 aromatic heterocycles. The van der Waals surface area contributed by atoms with E-state index in [9.17, 15) is 0 Å². The van der Waals surface area contributed by atoms with Crippen molar-refractivity contribution in [1.29, 1.82) is 0 Å². The number of ether oxygens (including phenoxy) is 1. The van der Waals surface area contributed by atoms with Gasteiger partial charge in [-0.2, -0.15) is 0 Å². The monoisotopic (exact) mass is 465 g/mol. The molecule has 164 valence electrons. The maximum atomic E-state index is 6.69. The molecule has 0 atom stereocenters. The molecule has 0 radical (unpaired) electrons. The first-order chi connectivity index (χ1) is 15.7. The lowest BCUT2D eigenvalue weighted by Crippen LogP contribution is -2.38. The molecule has 0 amide bonds. The average Bonchev–Trinajstić information content (AvgIpc) is 3.24. The van der Waals surface area contributed by atoms with Crippen molar-refractivity contribution in [2.45, 2.75) is 24.4 Å². The average molecular weight is 466 g/mol. The summed E-state index contributed by atoms with van der Waals surface area (Å²) in [5, 5.41) is 11.8. The molecule has 0 spiro atoms. The molecule has 1 aliphatic heterocycles. The Morgan fingerprint density at radius 2 is 1.75 bits per heavy atom. The Hall–Kier alpha value is -2.61. The fraction of sp³-hybridized carbons (Fsp3) is 0.292. The quantitative estimate of drug-likeness (QED) is 0.375. The summed E-state index contributed by atoms with van der Waals surface area (Å²) in [6.45, 7) is 5.80. The third-order valence-corrected chi connectivity index (χ3v) is 7.14. The first kappa shape index (κ1) is 21.2. The van der Waals surface area contributed by atoms with Crippen molar-refractivity contribution in [1.82, 2.24) is 19.7 Å². The SMILES string of the molecule is Cc1c(Cl)c(CSc2nnc(N3CCOCC3)n2Cc2ccccc2)nc2ccccc12. The number of para-hydroxylation sites is 1. The van der Waals surface area contributed by atoms with E-state index in [2.05, 4.69) is 56.9 Å². The summed E-state index contributed by atoms with van der Waals surface area (Å²) >= 11 is 8.31. The van der Waals surface area contributed by atoms with Gasteiger partial charge in [-0.1, -0.05) is 71.9 Å². The van der Waals surface area contributed by atoms with Gasteiger partial charge in [0.15, 0.2) is 5.16 Å². The maximum absolute atomic E-state index is 6.69. The van der Waals surface area contributed by atoms with Crippen LogP contribution in [0.3, 0.4) is 0 Å². The highest BCUT2D eigenvalue weighted by Crippen LogP contribution is 2.32. The van der Waals surface area contributed by atoms with Crippen LogP contribution in [-0.2, 0) is 17.0 Å². The molecule has 1 aliphatic rings. The molecule has 32 heavy (non-hydrogen) atoms. The van der Waals surface area contributed by atoms with Crippen LogP contribution in [0.4, 0.5) is 5.95 Å². The second-order valence-corrected chi connectivity index (χ2v) is 9.08. The molecular formula is C24H24ClN5OS. The molecule has 0 N–H and O–H groups in total. The molecule has 6 nitrogen and oxygen atoms in total. The number of thioether (sulfide) groups is 1. The van der Waals surface area contributed by atoms with E-state index in [0.29, 0.717) is 25.5 Å². The smallest absolute Gasteiger partial charge is 0.228 e. The second-order valence-electron chi connectivity index (χ2n) is 7.76. The molecule has 5 rings (SSSR count). The fourth-order valence-corrected chi connectivity index (χ4v) is 5.10. The Labute approximate surface area is 196 Å². The summed E-state index contributed by atoms with van der Waals surface area (Å²) in [7, 11) is 0. The van der Waals surface area contributed by atoms with Crippen LogP contribution in [0.25, 0.3) is 10.9 Å². The van der Waals surface area contributed by atoms with E-state index in [1.165, 1.54) is 5.56 Å². The molecule has 1 saturated heterocycles. The number of hydrogen-bond donors (Lipinski definition) is 0. The normalized spacial score (nSPS) is 14.2. The largest absolute Gasteiger partial charge is 0.378 e. The number of benzene rings is 2. The number of rotatable bonds is 6. The number of anilines is 1. The van der Waals surface area contributed by atoms with Crippen LogP contribution in [0.2, 0.25) is 5.02 Å². The van der Waals surface area contributed by atoms with E-state index in [4.69, 9.17) is 21.3 Å². The number of halogens is 1. The predicted molar refractivity (Wildman–Crippen MR) is 130 cm³/mol. The zero-order chi connectivity index (χ0) is 21.9. The molecular weight excluding hydrogens is 442 g/mol. The highest BCUT2D eigenvalue weighted by atomic mass is 35.5. The Balaban J connectivity index is 1.45. The molecule has 0 saturated carbocycles. The van der Waals surface area contributed by atoms with Gasteiger partial charge in [-0.15, -0.1) is 10.2 Å². The summed E-state index contributed by atoms with van der Waals surface area (Å²) in [4.78, 5) is 7.07. The van der Waals surface area contributed by atoms with Crippen LogP contribution in [0.1, 0.15) is 16.8 Å². The van der Waals surface area contributed by atoms with E-state index >= 15 is 0 Å². The van der Waals surface area contributed by atoms with Crippen molar-refractivity contribution in [3.05, 3.63) is 76.4 Å². The van der Waals surface area contributed by atoms with Crippen molar-refractivity contribution in [2.75, 3.05) is 31.2 Å². The van der Waals surface area contributed by atoms with Crippen LogP contribution in [0, 0.1) is 6.92 Å². The van der Waals surface area contributed by atoms with E-state index in [-0.39, 0.29) is 0 Å². The third-order valence-electron chi connectivity index (χ3n) is 5.66. The van der Waals surface area contributed by atoms with Crippen LogP contribution in [0.5, 0.6) is 0 Å². The number of hydrogen-bond acceptors (Lipinski definition) is 6. The van der Waals surface area contributed by atoms with E-state index < -0.39 is 0 Å². The van der Waals surface area contributed by atoms with Gasteiger partial charge in [0.2, 0.25) is 5.95 Å². The van der Waals surface area contributed by atoms with E-state index in [1.54, 1.807) is 11.8 Å². The molecule has 1 fully saturated rings. The topological polar surface area (TPSA) is 56.1 Å². The van der Waals surface area contributed by atoms with Gasteiger partial charge in [0.25, 0.3) is 0 Å². The first-order valence-electron chi connectivity index (χ1n) is 10.7. The van der Waals surface area contributed by atoms with Gasteiger partial charge in [-0.05, 0) is 24.1 Å². The van der Waals surface area contributed by atoms with Gasteiger partial charge in [0.05, 0.1) is 36.0 Å². The van der Waals surface area contributed by atoms with Crippen LogP contribution in [-0.4, -0.2) is 46.1 Å². The number of fused-ring (bicyclic) bond motifs is 1. The van der Waals surface area contributed by atoms with Crippen molar-refractivity contribution in [3.63, 3.8) is 0 Å². The van der Waals surface area contributed by atoms with Gasteiger partial charge in [0.1, 0.15) is 0 Å². The summed E-state index contributed by atoms with van der Waals surface area (Å²) in [6.07, 6.45) is 0. The van der Waals surface area contributed by atoms with Gasteiger partial charge in [0, 0.05) is 24.2 Å². The maximum Gasteiger partial charge on any atom is 0.228 e. The minimum Gasteiger partial charge on any atom is -0.378 e. The molecule has 0 bridgehead atoms. The van der Waals surface area contributed by atoms with E-state index in [1.807, 2.05) is 24.3 Å². The van der Waals surface area contributed by atoms with Crippen LogP contribution < -0.4 is 4.90 Å². The van der Waals surface area contributed by atoms with Crippen LogP contribution >= 0.6 is 23.4 Å². The Bertz CT molecular complexity index is 1220. The number of nitrogens with zero attached hydrogens (tertiary/aromatic N) is 5. The number of aromatic nitrogens is 4. The minimum atomic E-state index is 0.626. The molecule has 8 heteroatoms. The summed E-state index contributed by atoms with van der Waals surface area (Å²) in [5.74, 6) is 1.51. The molecule has 2 aromatic carbocycles. The molecule has 0 unspecified atom stereocenters. The highest BCUT2D eigenvalue weighted by molar-refractivity contribution is 7.98. The van der Waals surface area contributed by atoms with Gasteiger partial charge in [-0.25, -0.2) is 0 Å². The molecule has 4 aromatic rings. The lowest BCUT2D eigenvalue weighted by molar-refractivity contribution is 0.121. The first-order valence-corrected chi connectivity index (χ1v) is 12.0. The van der Waals surface area contributed by atoms with Gasteiger partial charge < -0.3 is 9.64 Å². The van der Waals surface area contributed by atoms with Crippen molar-refractivity contribution >= 4 is 40.2 Å². The Morgan fingerprint density at radius 1 is 1.00 bits per heavy atom. The highest BCUT2D eigenvalue weighted by Gasteiger charge is 2.21. The Morgan fingerprint density at radius 3 is 2.56 bits per heavy atom. The molecule has 0 aliphatic carbocycles. The van der Waals surface area contributed by atoms with Crippen LogP contribution in [0.15, 0.2) is 59.8 Å². The lowest BCUT2D eigenvalue weighted by atomic mass is 10.1. The number of pyridine rings is 1. The van der Waals surface area contributed by atoms with Gasteiger partial charge in [-0.3, -0.25) is 9.55 Å². The summed E-state index contributed by atoms with van der Waals surface area (Å²) < 4.78 is 7.71. The standard InChI is InChI=1S/C24H24ClN5OS/c1-17-19-9-5-6-10-20(19)26-21(22(17)25)16-32-24-28-27-23(29-11-13-31-14-12-29)30(24)15-18-7-3-2-4-8-18/h2-10H,11-16H2,1H3. The zero-order valence-corrected chi connectivity index (χ0v) is 19.4. The van der Waals surface area contributed by atoms with Crippen molar-refractivity contribution in [3.8, 4) is 0 Å². The van der Waals surface area contributed by atoms with Crippen molar-refractivity contribution < 1.29 is 4.74 Å². The summed E-state index contributed by atoms with van der Waals surface area (Å²) in [6, 6.07) is 18.5. The minimum absolute atomic E-state index is 0.626. The lowest BCUT2D eigenvalue weighted by Gasteiger charge is -2.28. The Kier molecular flexibility index (Phi) is 6.30. The predicted octanol–water partition coefficient (Wildman–Crippen LogP) is 4.97. The molecule has 3 heterocycles. The number of morpholine rings is 1. The fourth-order valence-electron chi connectivity index (χ4n) is 3.94. The van der Waals surface area contributed by atoms with Crippen molar-refractivity contribution in [2.24, 2.45) is 0 Å². The van der Waals surface area contributed by atoms with Gasteiger partial charge >= 0.3 is 0 Å². The second kappa shape index (κ2) is 9.48.